The fraction of sp³-hybridized carbons (Fsp3) is 0.138. The van der Waals surface area contributed by atoms with E-state index in [1.165, 1.54) is 12.1 Å². The third-order valence-corrected chi connectivity index (χ3v) is 7.85. The highest BCUT2D eigenvalue weighted by Gasteiger charge is 2.29. The van der Waals surface area contributed by atoms with Crippen LogP contribution in [-0.4, -0.2) is 21.0 Å². The molecule has 0 amide bonds. The number of nitriles is 1. The third-order valence-electron chi connectivity index (χ3n) is 6.31. The Balaban J connectivity index is 1.49. The number of nitrogens with one attached hydrogen (secondary N) is 1. The van der Waals surface area contributed by atoms with Gasteiger partial charge >= 0.3 is 0 Å². The summed E-state index contributed by atoms with van der Waals surface area (Å²) >= 11 is 0. The van der Waals surface area contributed by atoms with Crippen molar-refractivity contribution < 1.29 is 12.8 Å². The molecule has 4 aromatic rings. The largest absolute Gasteiger partial charge is 0.365 e. The monoisotopic (exact) mass is 497 g/mol. The van der Waals surface area contributed by atoms with Gasteiger partial charge in [-0.05, 0) is 77.2 Å². The van der Waals surface area contributed by atoms with Crippen molar-refractivity contribution in [1.82, 2.24) is 4.72 Å². The van der Waals surface area contributed by atoms with Gasteiger partial charge in [-0.2, -0.15) is 5.26 Å². The van der Waals surface area contributed by atoms with Crippen LogP contribution in [0.25, 0.3) is 11.1 Å². The molecular weight excluding hydrogens is 473 g/mol. The molecule has 1 unspecified atom stereocenters. The number of hydrogen-bond donors (Lipinski definition) is 1. The van der Waals surface area contributed by atoms with Crippen molar-refractivity contribution in [1.29, 1.82) is 5.26 Å². The maximum Gasteiger partial charge on any atom is 0.240 e. The van der Waals surface area contributed by atoms with Crippen LogP contribution < -0.4 is 9.62 Å². The summed E-state index contributed by atoms with van der Waals surface area (Å²) in [5, 5.41) is 9.30. The first-order valence-corrected chi connectivity index (χ1v) is 13.1. The first-order chi connectivity index (χ1) is 17.4. The average Bonchev–Trinajstić information content (AvgIpc) is 2.89. The van der Waals surface area contributed by atoms with E-state index in [0.717, 1.165) is 27.9 Å². The maximum atomic E-state index is 13.4. The zero-order valence-corrected chi connectivity index (χ0v) is 20.2. The summed E-state index contributed by atoms with van der Waals surface area (Å²) in [6.07, 6.45) is 0.519. The Hall–Kier alpha value is -3.99. The van der Waals surface area contributed by atoms with E-state index in [4.69, 9.17) is 0 Å². The fourth-order valence-corrected chi connectivity index (χ4v) is 5.90. The molecule has 5 rings (SSSR count). The van der Waals surface area contributed by atoms with Gasteiger partial charge in [0.2, 0.25) is 10.0 Å². The number of fused-ring (bicyclic) bond motifs is 1. The zero-order valence-electron chi connectivity index (χ0n) is 19.4. The Labute approximate surface area is 210 Å². The predicted octanol–water partition coefficient (Wildman–Crippen LogP) is 5.27. The molecule has 1 N–H and O–H groups in total. The van der Waals surface area contributed by atoms with Crippen LogP contribution in [0.2, 0.25) is 0 Å². The number of sulfonamides is 1. The van der Waals surface area contributed by atoms with Crippen molar-refractivity contribution in [2.24, 2.45) is 0 Å². The van der Waals surface area contributed by atoms with E-state index in [1.54, 1.807) is 48.5 Å². The fourth-order valence-electron chi connectivity index (χ4n) is 4.65. The molecule has 0 spiro atoms. The van der Waals surface area contributed by atoms with Gasteiger partial charge < -0.3 is 4.90 Å². The van der Waals surface area contributed by atoms with Gasteiger partial charge in [-0.3, -0.25) is 0 Å². The molecule has 180 valence electrons. The van der Waals surface area contributed by atoms with Gasteiger partial charge in [0.25, 0.3) is 0 Å². The van der Waals surface area contributed by atoms with Crippen molar-refractivity contribution in [3.05, 3.63) is 120 Å². The molecule has 5 nitrogen and oxygen atoms in total. The number of halogens is 1. The number of benzene rings is 4. The summed E-state index contributed by atoms with van der Waals surface area (Å²) in [6, 6.07) is 30.0. The van der Waals surface area contributed by atoms with Crippen LogP contribution in [0.3, 0.4) is 0 Å². The Kier molecular flexibility index (Phi) is 6.55. The van der Waals surface area contributed by atoms with Gasteiger partial charge in [-0.25, -0.2) is 17.5 Å². The highest BCUT2D eigenvalue weighted by Crippen LogP contribution is 2.33. The third kappa shape index (κ3) is 5.15. The zero-order chi connectivity index (χ0) is 25.1. The molecule has 1 aliphatic rings. The molecule has 0 bridgehead atoms. The second-order valence-corrected chi connectivity index (χ2v) is 10.6. The lowest BCUT2D eigenvalue weighted by Crippen LogP contribution is -2.48. The summed E-state index contributed by atoms with van der Waals surface area (Å²) < 4.78 is 42.5. The summed E-state index contributed by atoms with van der Waals surface area (Å²) in [5.74, 6) is -0.294. The molecule has 4 aromatic carbocycles. The summed E-state index contributed by atoms with van der Waals surface area (Å²) in [5.41, 5.74) is 5.39. The van der Waals surface area contributed by atoms with Crippen LogP contribution in [0, 0.1) is 17.1 Å². The minimum Gasteiger partial charge on any atom is -0.365 e. The normalized spacial score (nSPS) is 15.2. The van der Waals surface area contributed by atoms with E-state index in [9.17, 15) is 18.1 Å². The lowest BCUT2D eigenvalue weighted by molar-refractivity contribution is 0.524. The van der Waals surface area contributed by atoms with Crippen molar-refractivity contribution in [2.75, 3.05) is 11.4 Å². The standard InChI is InChI=1S/C29H24FN3O2S/c30-26-12-9-23(10-13-26)24-11-14-29-25(16-24)17-27(32-36(34,35)28-7-2-1-3-8-28)20-33(29)19-22-6-4-5-21(15-22)18-31/h1-16,27,32H,17,19-20H2. The van der Waals surface area contributed by atoms with Crippen LogP contribution in [0.1, 0.15) is 16.7 Å². The SMILES string of the molecule is N#Cc1cccc(CN2CC(NS(=O)(=O)c3ccccc3)Cc3cc(-c4ccc(F)cc4)ccc32)c1. The Morgan fingerprint density at radius 1 is 0.917 bits per heavy atom. The van der Waals surface area contributed by atoms with Crippen LogP contribution in [0.4, 0.5) is 10.1 Å². The Morgan fingerprint density at radius 2 is 1.67 bits per heavy atom. The highest BCUT2D eigenvalue weighted by molar-refractivity contribution is 7.89. The summed E-state index contributed by atoms with van der Waals surface area (Å²) in [6.45, 7) is 1.01. The molecular formula is C29H24FN3O2S. The first kappa shape index (κ1) is 23.7. The first-order valence-electron chi connectivity index (χ1n) is 11.6. The molecule has 1 aliphatic heterocycles. The van der Waals surface area contributed by atoms with Crippen molar-refractivity contribution in [3.8, 4) is 17.2 Å². The van der Waals surface area contributed by atoms with Crippen LogP contribution in [0.5, 0.6) is 0 Å². The van der Waals surface area contributed by atoms with Gasteiger partial charge in [-0.1, -0.05) is 48.5 Å². The molecule has 0 radical (unpaired) electrons. The van der Waals surface area contributed by atoms with Crippen LogP contribution in [-0.2, 0) is 23.0 Å². The van der Waals surface area contributed by atoms with Crippen molar-refractivity contribution in [2.45, 2.75) is 23.9 Å². The topological polar surface area (TPSA) is 73.2 Å². The van der Waals surface area contributed by atoms with E-state index in [-0.39, 0.29) is 16.8 Å². The molecule has 7 heteroatoms. The number of nitrogens with zero attached hydrogens (tertiary/aromatic N) is 2. The van der Waals surface area contributed by atoms with Crippen LogP contribution in [0.15, 0.2) is 102 Å². The number of rotatable bonds is 6. The van der Waals surface area contributed by atoms with Crippen molar-refractivity contribution in [3.63, 3.8) is 0 Å². The minimum atomic E-state index is -3.70. The van der Waals surface area contributed by atoms with Gasteiger partial charge in [-0.15, -0.1) is 0 Å². The van der Waals surface area contributed by atoms with Gasteiger partial charge in [0.05, 0.1) is 16.5 Å². The Bertz CT molecular complexity index is 1530. The van der Waals surface area contributed by atoms with Crippen molar-refractivity contribution >= 4 is 15.7 Å². The molecule has 0 aliphatic carbocycles. The van der Waals surface area contributed by atoms with E-state index >= 15 is 0 Å². The van der Waals surface area contributed by atoms with Gasteiger partial charge in [0, 0.05) is 24.8 Å². The molecule has 0 saturated carbocycles. The Morgan fingerprint density at radius 3 is 2.42 bits per heavy atom. The molecule has 0 fully saturated rings. The smallest absolute Gasteiger partial charge is 0.240 e. The quantitative estimate of drug-likeness (QED) is 0.394. The molecule has 1 heterocycles. The molecule has 0 aromatic heterocycles. The molecule has 0 saturated heterocycles. The van der Waals surface area contributed by atoms with E-state index < -0.39 is 10.0 Å². The lowest BCUT2D eigenvalue weighted by atomic mass is 9.93. The number of hydrogen-bond acceptors (Lipinski definition) is 4. The minimum absolute atomic E-state index is 0.226. The molecule has 36 heavy (non-hydrogen) atoms. The summed E-state index contributed by atoms with van der Waals surface area (Å²) in [7, 11) is -3.70. The predicted molar refractivity (Wildman–Crippen MR) is 138 cm³/mol. The average molecular weight is 498 g/mol. The lowest BCUT2D eigenvalue weighted by Gasteiger charge is -2.37. The van der Waals surface area contributed by atoms with E-state index in [0.29, 0.717) is 25.1 Å². The van der Waals surface area contributed by atoms with Gasteiger partial charge in [0.15, 0.2) is 0 Å². The summed E-state index contributed by atoms with van der Waals surface area (Å²) in [4.78, 5) is 2.37. The molecule has 1 atom stereocenters. The van der Waals surface area contributed by atoms with Gasteiger partial charge in [0.1, 0.15) is 5.82 Å². The van der Waals surface area contributed by atoms with E-state index in [2.05, 4.69) is 15.7 Å². The highest BCUT2D eigenvalue weighted by atomic mass is 32.2. The maximum absolute atomic E-state index is 13.4. The van der Waals surface area contributed by atoms with E-state index in [1.807, 2.05) is 36.4 Å². The second kappa shape index (κ2) is 9.94. The second-order valence-electron chi connectivity index (χ2n) is 8.88. The van der Waals surface area contributed by atoms with Crippen LogP contribution >= 0.6 is 0 Å². The number of anilines is 1.